The number of amides is 1. The number of carbonyl (C=O) groups excluding carboxylic acids is 2. The van der Waals surface area contributed by atoms with Crippen LogP contribution in [0.1, 0.15) is 29.2 Å². The van der Waals surface area contributed by atoms with Crippen molar-refractivity contribution in [1.29, 1.82) is 0 Å². The lowest BCUT2D eigenvalue weighted by Crippen LogP contribution is -2.24. The number of cyclic esters (lactones) is 1. The van der Waals surface area contributed by atoms with Gasteiger partial charge in [-0.3, -0.25) is 4.90 Å². The van der Waals surface area contributed by atoms with Crippen molar-refractivity contribution in [3.05, 3.63) is 29.7 Å². The molecule has 0 unspecified atom stereocenters. The van der Waals surface area contributed by atoms with Crippen LogP contribution in [-0.4, -0.2) is 42.2 Å². The first-order chi connectivity index (χ1) is 10.0. The number of carbonyl (C=O) groups is 2. The molecule has 7 heteroatoms. The molecule has 0 aliphatic carbocycles. The Morgan fingerprint density at radius 2 is 2.19 bits per heavy atom. The lowest BCUT2D eigenvalue weighted by molar-refractivity contribution is 0.0602. The molecule has 2 aromatic rings. The highest BCUT2D eigenvalue weighted by molar-refractivity contribution is 6.01. The molecule has 0 N–H and O–H groups in total. The van der Waals surface area contributed by atoms with Crippen LogP contribution in [0.3, 0.4) is 0 Å². The number of esters is 1. The number of fused-ring (bicyclic) bond motifs is 1. The standard InChI is InChI=1S/C14H14N2O5/c1-7-11(16(2)14(18)20-7)12-15-10-8(13(17)19-3)5-4-6-9(10)21-12/h4-7,11H,1-3H3/t7-,11+/m0/s1. The molecule has 2 atom stereocenters. The Morgan fingerprint density at radius 3 is 2.81 bits per heavy atom. The number of hydrogen-bond donors (Lipinski definition) is 0. The van der Waals surface area contributed by atoms with Crippen molar-refractivity contribution in [2.75, 3.05) is 14.2 Å². The fourth-order valence-corrected chi connectivity index (χ4v) is 2.47. The molecule has 2 heterocycles. The van der Waals surface area contributed by atoms with Crippen LogP contribution < -0.4 is 0 Å². The van der Waals surface area contributed by atoms with Crippen LogP contribution in [0.4, 0.5) is 4.79 Å². The quantitative estimate of drug-likeness (QED) is 0.788. The van der Waals surface area contributed by atoms with Gasteiger partial charge in [0.15, 0.2) is 5.58 Å². The molecule has 110 valence electrons. The average Bonchev–Trinajstić information content (AvgIpc) is 2.99. The summed E-state index contributed by atoms with van der Waals surface area (Å²) < 4.78 is 15.5. The van der Waals surface area contributed by atoms with Gasteiger partial charge in [0.2, 0.25) is 5.89 Å². The van der Waals surface area contributed by atoms with Crippen LogP contribution in [0.25, 0.3) is 11.1 Å². The number of nitrogens with zero attached hydrogens (tertiary/aromatic N) is 2. The van der Waals surface area contributed by atoms with E-state index in [-0.39, 0.29) is 6.10 Å². The Bertz CT molecular complexity index is 723. The molecular weight excluding hydrogens is 276 g/mol. The minimum atomic E-state index is -0.486. The summed E-state index contributed by atoms with van der Waals surface area (Å²) in [6.45, 7) is 1.77. The first-order valence-corrected chi connectivity index (χ1v) is 6.44. The van der Waals surface area contributed by atoms with E-state index in [4.69, 9.17) is 13.9 Å². The number of benzene rings is 1. The molecule has 21 heavy (non-hydrogen) atoms. The van der Waals surface area contributed by atoms with Gasteiger partial charge in [-0.05, 0) is 19.1 Å². The maximum absolute atomic E-state index is 11.7. The summed E-state index contributed by atoms with van der Waals surface area (Å²) in [5, 5.41) is 0. The minimum Gasteiger partial charge on any atom is -0.465 e. The predicted octanol–water partition coefficient (Wildman–Crippen LogP) is 2.13. The van der Waals surface area contributed by atoms with E-state index in [2.05, 4.69) is 4.98 Å². The number of ether oxygens (including phenoxy) is 2. The highest BCUT2D eigenvalue weighted by Gasteiger charge is 2.41. The minimum absolute atomic E-state index is 0.325. The molecule has 1 aliphatic rings. The third-order valence-electron chi connectivity index (χ3n) is 3.53. The van der Waals surface area contributed by atoms with Gasteiger partial charge >= 0.3 is 12.1 Å². The number of rotatable bonds is 2. The van der Waals surface area contributed by atoms with E-state index in [1.807, 2.05) is 0 Å². The molecule has 1 saturated heterocycles. The number of hydrogen-bond acceptors (Lipinski definition) is 6. The van der Waals surface area contributed by atoms with Crippen LogP contribution in [0.2, 0.25) is 0 Å². The zero-order chi connectivity index (χ0) is 15.1. The van der Waals surface area contributed by atoms with Gasteiger partial charge in [-0.25, -0.2) is 14.6 Å². The van der Waals surface area contributed by atoms with E-state index < -0.39 is 18.1 Å². The lowest BCUT2D eigenvalue weighted by atomic mass is 10.2. The van der Waals surface area contributed by atoms with Crippen LogP contribution in [0.5, 0.6) is 0 Å². The summed E-state index contributed by atoms with van der Waals surface area (Å²) in [4.78, 5) is 29.1. The molecule has 1 aromatic carbocycles. The lowest BCUT2D eigenvalue weighted by Gasteiger charge is -2.14. The maximum Gasteiger partial charge on any atom is 0.410 e. The first kappa shape index (κ1) is 13.4. The van der Waals surface area contributed by atoms with Crippen molar-refractivity contribution in [3.8, 4) is 0 Å². The smallest absolute Gasteiger partial charge is 0.410 e. The number of para-hydroxylation sites is 1. The summed E-state index contributed by atoms with van der Waals surface area (Å²) in [5.41, 5.74) is 1.21. The van der Waals surface area contributed by atoms with Gasteiger partial charge in [-0.2, -0.15) is 0 Å². The molecule has 1 aromatic heterocycles. The molecule has 0 saturated carbocycles. The fraction of sp³-hybridized carbons (Fsp3) is 0.357. The maximum atomic E-state index is 11.7. The van der Waals surface area contributed by atoms with Gasteiger partial charge in [0.05, 0.1) is 12.7 Å². The van der Waals surface area contributed by atoms with Crippen LogP contribution >= 0.6 is 0 Å². The van der Waals surface area contributed by atoms with E-state index >= 15 is 0 Å². The van der Waals surface area contributed by atoms with Gasteiger partial charge in [-0.1, -0.05) is 6.07 Å². The second-order valence-electron chi connectivity index (χ2n) is 4.84. The van der Waals surface area contributed by atoms with Crippen molar-refractivity contribution < 1.29 is 23.5 Å². The fourth-order valence-electron chi connectivity index (χ4n) is 2.47. The Labute approximate surface area is 120 Å². The van der Waals surface area contributed by atoms with Gasteiger partial charge in [-0.15, -0.1) is 0 Å². The second-order valence-corrected chi connectivity index (χ2v) is 4.84. The largest absolute Gasteiger partial charge is 0.465 e. The highest BCUT2D eigenvalue weighted by atomic mass is 16.6. The van der Waals surface area contributed by atoms with Crippen molar-refractivity contribution in [2.24, 2.45) is 0 Å². The third kappa shape index (κ3) is 2.01. The summed E-state index contributed by atoms with van der Waals surface area (Å²) in [6, 6.07) is 4.59. The number of oxazole rings is 1. The Hall–Kier alpha value is -2.57. The monoisotopic (exact) mass is 290 g/mol. The van der Waals surface area contributed by atoms with E-state index in [9.17, 15) is 9.59 Å². The molecule has 0 radical (unpaired) electrons. The van der Waals surface area contributed by atoms with Crippen molar-refractivity contribution in [3.63, 3.8) is 0 Å². The molecule has 7 nitrogen and oxygen atoms in total. The number of aromatic nitrogens is 1. The Balaban J connectivity index is 2.10. The van der Waals surface area contributed by atoms with Crippen LogP contribution in [0, 0.1) is 0 Å². The molecule has 3 rings (SSSR count). The van der Waals surface area contributed by atoms with Gasteiger partial charge in [0, 0.05) is 7.05 Å². The zero-order valence-corrected chi connectivity index (χ0v) is 11.8. The van der Waals surface area contributed by atoms with Crippen molar-refractivity contribution >= 4 is 23.2 Å². The van der Waals surface area contributed by atoms with Gasteiger partial charge < -0.3 is 13.9 Å². The number of likely N-dealkylation sites (N-methyl/N-ethyl adjacent to an activating group) is 1. The second kappa shape index (κ2) is 4.76. The summed E-state index contributed by atoms with van der Waals surface area (Å²) >= 11 is 0. The van der Waals surface area contributed by atoms with E-state index in [1.165, 1.54) is 12.0 Å². The normalized spacial score (nSPS) is 21.7. The molecule has 0 bridgehead atoms. The highest BCUT2D eigenvalue weighted by Crippen LogP contribution is 2.33. The number of methoxy groups -OCH3 is 1. The molecule has 1 aliphatic heterocycles. The average molecular weight is 290 g/mol. The Kier molecular flexibility index (Phi) is 3.04. The summed E-state index contributed by atoms with van der Waals surface area (Å²) in [7, 11) is 2.92. The van der Waals surface area contributed by atoms with E-state index in [1.54, 1.807) is 32.2 Å². The summed E-state index contributed by atoms with van der Waals surface area (Å²) in [6.07, 6.45) is -0.805. The van der Waals surface area contributed by atoms with Crippen molar-refractivity contribution in [1.82, 2.24) is 9.88 Å². The van der Waals surface area contributed by atoms with Gasteiger partial charge in [0.25, 0.3) is 0 Å². The van der Waals surface area contributed by atoms with Gasteiger partial charge in [0.1, 0.15) is 17.7 Å². The van der Waals surface area contributed by atoms with E-state index in [0.717, 1.165) is 0 Å². The molecule has 1 fully saturated rings. The molecule has 0 spiro atoms. The van der Waals surface area contributed by atoms with E-state index in [0.29, 0.717) is 22.6 Å². The Morgan fingerprint density at radius 1 is 1.43 bits per heavy atom. The molecular formula is C14H14N2O5. The molecule has 1 amide bonds. The zero-order valence-electron chi connectivity index (χ0n) is 11.8. The topological polar surface area (TPSA) is 81.9 Å². The summed E-state index contributed by atoms with van der Waals surface area (Å²) in [5.74, 6) is -0.150. The van der Waals surface area contributed by atoms with Crippen LogP contribution in [0.15, 0.2) is 22.6 Å². The first-order valence-electron chi connectivity index (χ1n) is 6.44. The van der Waals surface area contributed by atoms with Crippen molar-refractivity contribution in [2.45, 2.75) is 19.1 Å². The van der Waals surface area contributed by atoms with Crippen LogP contribution in [-0.2, 0) is 9.47 Å². The third-order valence-corrected chi connectivity index (χ3v) is 3.53. The SMILES string of the molecule is COC(=O)c1cccc2oc([C@H]3[C@H](C)OC(=O)N3C)nc12. The predicted molar refractivity (Wildman–Crippen MR) is 71.8 cm³/mol.